The van der Waals surface area contributed by atoms with Crippen molar-refractivity contribution in [3.8, 4) is 0 Å². The predicted molar refractivity (Wildman–Crippen MR) is 94.2 cm³/mol. The van der Waals surface area contributed by atoms with Crippen molar-refractivity contribution in [2.45, 2.75) is 17.7 Å². The fourth-order valence-electron chi connectivity index (χ4n) is 3.28. The van der Waals surface area contributed by atoms with Crippen LogP contribution in [0.5, 0.6) is 0 Å². The first-order valence-corrected chi connectivity index (χ1v) is 9.51. The second kappa shape index (κ2) is 6.91. The number of halogens is 2. The molecule has 124 valence electrons. The summed E-state index contributed by atoms with van der Waals surface area (Å²) >= 11 is 13.5. The summed E-state index contributed by atoms with van der Waals surface area (Å²) in [7, 11) is 0. The van der Waals surface area contributed by atoms with Crippen molar-refractivity contribution in [1.82, 2.24) is 9.80 Å². The molecular formula is C16H18Cl2N2O2S. The van der Waals surface area contributed by atoms with Crippen LogP contribution in [0.25, 0.3) is 0 Å². The van der Waals surface area contributed by atoms with Gasteiger partial charge in [0, 0.05) is 36.0 Å². The van der Waals surface area contributed by atoms with Crippen molar-refractivity contribution in [3.63, 3.8) is 0 Å². The molecule has 2 heterocycles. The highest BCUT2D eigenvalue weighted by atomic mass is 35.5. The minimum absolute atomic E-state index is 0.0191. The average Bonchev–Trinajstić information content (AvgIpc) is 2.97. The van der Waals surface area contributed by atoms with E-state index in [1.54, 1.807) is 29.2 Å². The van der Waals surface area contributed by atoms with E-state index in [1.165, 1.54) is 0 Å². The topological polar surface area (TPSA) is 40.6 Å². The molecule has 3 rings (SSSR count). The van der Waals surface area contributed by atoms with Crippen LogP contribution in [0.1, 0.15) is 23.2 Å². The van der Waals surface area contributed by atoms with Crippen molar-refractivity contribution >= 4 is 46.8 Å². The molecule has 2 aliphatic rings. The summed E-state index contributed by atoms with van der Waals surface area (Å²) < 4.78 is 0. The lowest BCUT2D eigenvalue weighted by Gasteiger charge is -2.44. The van der Waals surface area contributed by atoms with Gasteiger partial charge in [-0.05, 0) is 31.0 Å². The molecule has 2 aliphatic heterocycles. The van der Waals surface area contributed by atoms with Gasteiger partial charge in [-0.2, -0.15) is 0 Å². The SMILES string of the molecule is O=C(CCl)N1CCC2(CC1)SCCN2C(=O)c1cccc(Cl)c1. The fourth-order valence-corrected chi connectivity index (χ4v) is 5.09. The zero-order chi connectivity index (χ0) is 16.4. The van der Waals surface area contributed by atoms with Gasteiger partial charge >= 0.3 is 0 Å². The molecule has 0 unspecified atom stereocenters. The smallest absolute Gasteiger partial charge is 0.255 e. The third kappa shape index (κ3) is 3.32. The summed E-state index contributed by atoms with van der Waals surface area (Å²) in [5.74, 6) is 0.938. The Morgan fingerprint density at radius 1 is 1.22 bits per heavy atom. The van der Waals surface area contributed by atoms with E-state index in [2.05, 4.69) is 0 Å². The Labute approximate surface area is 150 Å². The van der Waals surface area contributed by atoms with Gasteiger partial charge < -0.3 is 9.80 Å². The Kier molecular flexibility index (Phi) is 5.09. The van der Waals surface area contributed by atoms with Crippen LogP contribution in [0.15, 0.2) is 24.3 Å². The van der Waals surface area contributed by atoms with Gasteiger partial charge in [0.2, 0.25) is 5.91 Å². The first-order chi connectivity index (χ1) is 11.1. The zero-order valence-corrected chi connectivity index (χ0v) is 15.0. The minimum atomic E-state index is -0.206. The van der Waals surface area contributed by atoms with Crippen LogP contribution < -0.4 is 0 Å². The Hall–Kier alpha value is -0.910. The molecule has 0 aliphatic carbocycles. The maximum Gasteiger partial charge on any atom is 0.255 e. The van der Waals surface area contributed by atoms with E-state index in [-0.39, 0.29) is 22.6 Å². The molecule has 4 nitrogen and oxygen atoms in total. The number of carbonyl (C=O) groups excluding carboxylic acids is 2. The monoisotopic (exact) mass is 372 g/mol. The number of carbonyl (C=O) groups is 2. The van der Waals surface area contributed by atoms with Crippen LogP contribution in [-0.4, -0.2) is 57.8 Å². The number of piperidine rings is 1. The fraction of sp³-hybridized carbons (Fsp3) is 0.500. The molecule has 0 aromatic heterocycles. The second-order valence-electron chi connectivity index (χ2n) is 5.78. The lowest BCUT2D eigenvalue weighted by atomic mass is 10.0. The van der Waals surface area contributed by atoms with Gasteiger partial charge in [0.15, 0.2) is 0 Å². The molecule has 1 spiro atoms. The summed E-state index contributed by atoms with van der Waals surface area (Å²) in [6.45, 7) is 2.04. The van der Waals surface area contributed by atoms with E-state index >= 15 is 0 Å². The molecule has 0 radical (unpaired) electrons. The summed E-state index contributed by atoms with van der Waals surface area (Å²) in [5, 5.41) is 0.569. The number of likely N-dealkylation sites (tertiary alicyclic amines) is 1. The van der Waals surface area contributed by atoms with Gasteiger partial charge in [-0.3, -0.25) is 9.59 Å². The third-order valence-electron chi connectivity index (χ3n) is 4.51. The highest BCUT2D eigenvalue weighted by Crippen LogP contribution is 2.44. The zero-order valence-electron chi connectivity index (χ0n) is 12.6. The first-order valence-electron chi connectivity index (χ1n) is 7.61. The second-order valence-corrected chi connectivity index (χ2v) is 7.94. The van der Waals surface area contributed by atoms with Crippen LogP contribution in [-0.2, 0) is 4.79 Å². The molecular weight excluding hydrogens is 355 g/mol. The molecule has 0 bridgehead atoms. The van der Waals surface area contributed by atoms with Gasteiger partial charge in [-0.15, -0.1) is 23.4 Å². The molecule has 23 heavy (non-hydrogen) atoms. The Bertz CT molecular complexity index is 618. The quantitative estimate of drug-likeness (QED) is 0.748. The summed E-state index contributed by atoms with van der Waals surface area (Å²) in [6, 6.07) is 7.08. The maximum absolute atomic E-state index is 12.9. The van der Waals surface area contributed by atoms with Crippen LogP contribution in [0.4, 0.5) is 0 Å². The number of hydrogen-bond donors (Lipinski definition) is 0. The van der Waals surface area contributed by atoms with Gasteiger partial charge in [0.1, 0.15) is 5.88 Å². The molecule has 7 heteroatoms. The number of nitrogens with zero attached hydrogens (tertiary/aromatic N) is 2. The van der Waals surface area contributed by atoms with Crippen molar-refractivity contribution in [1.29, 1.82) is 0 Å². The van der Waals surface area contributed by atoms with Gasteiger partial charge in [0.25, 0.3) is 5.91 Å². The highest BCUT2D eigenvalue weighted by molar-refractivity contribution is 8.00. The molecule has 2 fully saturated rings. The highest BCUT2D eigenvalue weighted by Gasteiger charge is 2.46. The van der Waals surface area contributed by atoms with Gasteiger partial charge in [-0.1, -0.05) is 17.7 Å². The maximum atomic E-state index is 12.9. The van der Waals surface area contributed by atoms with Crippen molar-refractivity contribution in [2.24, 2.45) is 0 Å². The van der Waals surface area contributed by atoms with E-state index < -0.39 is 0 Å². The average molecular weight is 373 g/mol. The molecule has 0 atom stereocenters. The number of rotatable bonds is 2. The minimum Gasteiger partial charge on any atom is -0.341 e. The molecule has 1 aromatic carbocycles. The number of hydrogen-bond acceptors (Lipinski definition) is 3. The summed E-state index contributed by atoms with van der Waals surface area (Å²) in [4.78, 5) is 28.2. The molecule has 2 saturated heterocycles. The summed E-state index contributed by atoms with van der Waals surface area (Å²) in [6.07, 6.45) is 1.57. The normalized spacial score (nSPS) is 20.1. The first kappa shape index (κ1) is 16.9. The van der Waals surface area contributed by atoms with Crippen molar-refractivity contribution in [3.05, 3.63) is 34.9 Å². The van der Waals surface area contributed by atoms with E-state index in [1.807, 2.05) is 16.7 Å². The van der Waals surface area contributed by atoms with E-state index in [4.69, 9.17) is 23.2 Å². The van der Waals surface area contributed by atoms with Gasteiger partial charge in [0.05, 0.1) is 4.87 Å². The lowest BCUT2D eigenvalue weighted by Crippen LogP contribution is -2.53. The van der Waals surface area contributed by atoms with Crippen LogP contribution in [0.3, 0.4) is 0 Å². The summed E-state index contributed by atoms with van der Waals surface area (Å²) in [5.41, 5.74) is 0.624. The Morgan fingerprint density at radius 3 is 2.61 bits per heavy atom. The Balaban J connectivity index is 1.76. The van der Waals surface area contributed by atoms with Crippen LogP contribution in [0, 0.1) is 0 Å². The number of thioether (sulfide) groups is 1. The standard InChI is InChI=1S/C16H18Cl2N2O2S/c17-11-14(21)19-6-4-16(5-7-19)20(8-9-23-16)15(22)12-2-1-3-13(18)10-12/h1-3,10H,4-9,11H2. The number of benzene rings is 1. The van der Waals surface area contributed by atoms with E-state index in [0.29, 0.717) is 23.7 Å². The Morgan fingerprint density at radius 2 is 1.96 bits per heavy atom. The predicted octanol–water partition coefficient (Wildman–Crippen LogP) is 3.09. The molecule has 0 N–H and O–H groups in total. The van der Waals surface area contributed by atoms with E-state index in [9.17, 15) is 9.59 Å². The van der Waals surface area contributed by atoms with Crippen molar-refractivity contribution in [2.75, 3.05) is 31.3 Å². The lowest BCUT2D eigenvalue weighted by molar-refractivity contribution is -0.130. The molecule has 2 amide bonds. The number of alkyl halides is 1. The van der Waals surface area contributed by atoms with Gasteiger partial charge in [-0.25, -0.2) is 0 Å². The van der Waals surface area contributed by atoms with Crippen LogP contribution >= 0.6 is 35.0 Å². The number of amides is 2. The molecule has 0 saturated carbocycles. The molecule has 1 aromatic rings. The third-order valence-corrected chi connectivity index (χ3v) is 6.52. The van der Waals surface area contributed by atoms with E-state index in [0.717, 1.165) is 25.1 Å². The largest absolute Gasteiger partial charge is 0.341 e. The van der Waals surface area contributed by atoms with Crippen molar-refractivity contribution < 1.29 is 9.59 Å². The van der Waals surface area contributed by atoms with Crippen LogP contribution in [0.2, 0.25) is 5.02 Å².